The van der Waals surface area contributed by atoms with E-state index >= 15 is 0 Å². The van der Waals surface area contributed by atoms with Crippen molar-refractivity contribution in [3.05, 3.63) is 65.2 Å². The maximum absolute atomic E-state index is 13.8. The SMILES string of the molecule is NC1=N[C@H]2[C@H](CN3C(=O)CN(c4ccccc4)C3=O)N=C(N)N3CC(NC(=O)c4cccc5c4CCCC54CC4)C(O)(O)C23N1. The normalized spacial score (nSPS) is 30.4. The Bertz CT molecular complexity index is 1690. The van der Waals surface area contributed by atoms with E-state index in [9.17, 15) is 24.6 Å². The zero-order valence-electron chi connectivity index (χ0n) is 24.5. The van der Waals surface area contributed by atoms with Crippen LogP contribution in [0.2, 0.25) is 0 Å². The summed E-state index contributed by atoms with van der Waals surface area (Å²) in [5.41, 5.74) is 14.3. The van der Waals surface area contributed by atoms with E-state index < -0.39 is 47.4 Å². The molecule has 8 rings (SSSR count). The fourth-order valence-electron chi connectivity index (χ4n) is 8.16. The number of rotatable bonds is 5. The first-order chi connectivity index (χ1) is 21.6. The minimum atomic E-state index is -2.64. The van der Waals surface area contributed by atoms with Crippen LogP contribution in [0.5, 0.6) is 0 Å². The van der Waals surface area contributed by atoms with Gasteiger partial charge in [-0.1, -0.05) is 30.3 Å². The lowest BCUT2D eigenvalue weighted by atomic mass is 9.78. The number of guanidine groups is 2. The van der Waals surface area contributed by atoms with E-state index in [0.717, 1.165) is 42.6 Å². The topological polar surface area (TPSA) is 202 Å². The molecule has 0 radical (unpaired) electrons. The van der Waals surface area contributed by atoms with E-state index in [1.807, 2.05) is 12.1 Å². The highest BCUT2D eigenvalue weighted by molar-refractivity contribution is 6.12. The molecule has 2 aromatic carbocycles. The number of carbonyl (C=O) groups excluding carboxylic acids is 3. The van der Waals surface area contributed by atoms with Crippen molar-refractivity contribution in [1.29, 1.82) is 0 Å². The van der Waals surface area contributed by atoms with Crippen LogP contribution in [-0.4, -0.2) is 99.0 Å². The average molecular weight is 614 g/mol. The predicted octanol–water partition coefficient (Wildman–Crippen LogP) is -0.702. The lowest BCUT2D eigenvalue weighted by Crippen LogP contribution is -2.78. The minimum absolute atomic E-state index is 0.0651. The van der Waals surface area contributed by atoms with Crippen LogP contribution < -0.4 is 27.0 Å². The molecule has 0 bridgehead atoms. The van der Waals surface area contributed by atoms with Gasteiger partial charge in [0.15, 0.2) is 17.6 Å². The van der Waals surface area contributed by atoms with Crippen LogP contribution in [0.3, 0.4) is 0 Å². The van der Waals surface area contributed by atoms with Crippen molar-refractivity contribution in [2.75, 3.05) is 24.5 Å². The Morgan fingerprint density at radius 1 is 1.04 bits per heavy atom. The number of amides is 4. The van der Waals surface area contributed by atoms with Gasteiger partial charge in [-0.2, -0.15) is 0 Å². The Hall–Kier alpha value is -4.69. The van der Waals surface area contributed by atoms with Gasteiger partial charge in [-0.3, -0.25) is 19.4 Å². The number of urea groups is 1. The maximum atomic E-state index is 13.8. The van der Waals surface area contributed by atoms with Crippen molar-refractivity contribution in [3.8, 4) is 0 Å². The van der Waals surface area contributed by atoms with Crippen LogP contribution in [0.4, 0.5) is 10.5 Å². The van der Waals surface area contributed by atoms with E-state index in [0.29, 0.717) is 11.3 Å². The second kappa shape index (κ2) is 9.41. The summed E-state index contributed by atoms with van der Waals surface area (Å²) in [6, 6.07) is 10.8. The molecule has 14 heteroatoms. The summed E-state index contributed by atoms with van der Waals surface area (Å²) in [6.07, 6.45) is 5.15. The molecule has 1 saturated carbocycles. The van der Waals surface area contributed by atoms with Gasteiger partial charge in [0.2, 0.25) is 5.79 Å². The summed E-state index contributed by atoms with van der Waals surface area (Å²) in [6.45, 7) is -0.469. The van der Waals surface area contributed by atoms with Crippen LogP contribution in [0.25, 0.3) is 0 Å². The molecule has 4 amide bonds. The van der Waals surface area contributed by atoms with Gasteiger partial charge in [0.25, 0.3) is 11.8 Å². The van der Waals surface area contributed by atoms with Crippen molar-refractivity contribution in [2.24, 2.45) is 21.5 Å². The summed E-state index contributed by atoms with van der Waals surface area (Å²) >= 11 is 0. The molecule has 2 aromatic rings. The number of fused-ring (bicyclic) bond motifs is 2. The molecule has 14 nitrogen and oxygen atoms in total. The number of nitrogens with one attached hydrogen (secondary N) is 2. The Balaban J connectivity index is 1.07. The number of hydrogen-bond acceptors (Lipinski definition) is 11. The molecular formula is C31H35N9O5. The number of nitrogens with two attached hydrogens (primary N) is 2. The van der Waals surface area contributed by atoms with E-state index in [-0.39, 0.29) is 37.0 Å². The zero-order chi connectivity index (χ0) is 31.3. The molecule has 4 atom stereocenters. The number of anilines is 1. The molecule has 6 aliphatic rings. The molecular weight excluding hydrogens is 578 g/mol. The second-order valence-corrected chi connectivity index (χ2v) is 12.9. The molecule has 234 valence electrons. The largest absolute Gasteiger partial charge is 0.370 e. The smallest absolute Gasteiger partial charge is 0.331 e. The van der Waals surface area contributed by atoms with E-state index in [1.165, 1.54) is 15.4 Å². The maximum Gasteiger partial charge on any atom is 0.331 e. The van der Waals surface area contributed by atoms with Crippen molar-refractivity contribution < 1.29 is 24.6 Å². The molecule has 4 aliphatic heterocycles. The third-order valence-electron chi connectivity index (χ3n) is 10.5. The third-order valence-corrected chi connectivity index (χ3v) is 10.5. The van der Waals surface area contributed by atoms with Gasteiger partial charge in [-0.05, 0) is 66.8 Å². The number of nitrogens with zero attached hydrogens (tertiary/aromatic N) is 5. The summed E-state index contributed by atoms with van der Waals surface area (Å²) in [5.74, 6) is -3.64. The van der Waals surface area contributed by atoms with E-state index in [1.54, 1.807) is 30.3 Å². The van der Waals surface area contributed by atoms with Gasteiger partial charge in [0.1, 0.15) is 18.6 Å². The third kappa shape index (κ3) is 3.84. The van der Waals surface area contributed by atoms with Crippen LogP contribution in [0.15, 0.2) is 58.5 Å². The van der Waals surface area contributed by atoms with Crippen molar-refractivity contribution in [1.82, 2.24) is 20.4 Å². The number of para-hydroxylation sites is 1. The first-order valence-corrected chi connectivity index (χ1v) is 15.3. The molecule has 2 spiro atoms. The number of hydrogen-bond donors (Lipinski definition) is 6. The molecule has 45 heavy (non-hydrogen) atoms. The van der Waals surface area contributed by atoms with Gasteiger partial charge in [0, 0.05) is 17.8 Å². The summed E-state index contributed by atoms with van der Waals surface area (Å²) in [7, 11) is 0. The highest BCUT2D eigenvalue weighted by Gasteiger charge is 2.73. The van der Waals surface area contributed by atoms with Gasteiger partial charge in [0.05, 0.1) is 12.6 Å². The second-order valence-electron chi connectivity index (χ2n) is 12.9. The molecule has 3 fully saturated rings. The lowest BCUT2D eigenvalue weighted by molar-refractivity contribution is -0.230. The molecule has 2 saturated heterocycles. The number of aliphatic hydroxyl groups is 2. The molecule has 2 aliphatic carbocycles. The first-order valence-electron chi connectivity index (χ1n) is 15.3. The van der Waals surface area contributed by atoms with Gasteiger partial charge in [-0.25, -0.2) is 14.8 Å². The molecule has 2 unspecified atom stereocenters. The summed E-state index contributed by atoms with van der Waals surface area (Å²) < 4.78 is 0. The number of imide groups is 1. The fraction of sp³-hybridized carbons (Fsp3) is 0.452. The minimum Gasteiger partial charge on any atom is -0.370 e. The van der Waals surface area contributed by atoms with Crippen LogP contribution in [0.1, 0.15) is 47.2 Å². The van der Waals surface area contributed by atoms with Gasteiger partial charge < -0.3 is 37.2 Å². The zero-order valence-corrected chi connectivity index (χ0v) is 24.5. The Morgan fingerprint density at radius 2 is 1.82 bits per heavy atom. The summed E-state index contributed by atoms with van der Waals surface area (Å²) in [4.78, 5) is 53.1. The summed E-state index contributed by atoms with van der Waals surface area (Å²) in [5, 5.41) is 29.6. The highest BCUT2D eigenvalue weighted by atomic mass is 16.5. The van der Waals surface area contributed by atoms with Crippen LogP contribution >= 0.6 is 0 Å². The van der Waals surface area contributed by atoms with E-state index in [2.05, 4.69) is 26.7 Å². The van der Waals surface area contributed by atoms with Gasteiger partial charge >= 0.3 is 6.03 Å². The standard InChI is InChI=1S/C31H35N9O5/c32-26-36-24-21(14-39-23(41)16-38(28(39)43)17-6-2-1-3-7-17)34-27(33)40-15-22(31(44,45)30(24,40)37-26)35-25(42)19-8-4-10-20-18(19)9-5-11-29(20)12-13-29/h1-4,6-8,10,21-22,24,44-45H,5,9,11-16H2,(H2,33,34)(H,35,42)(H3,32,36,37)/t21-,22?,24-,30?/m0/s1. The van der Waals surface area contributed by atoms with Crippen LogP contribution in [0, 0.1) is 0 Å². The average Bonchev–Trinajstić information content (AvgIpc) is 3.53. The van der Waals surface area contributed by atoms with Crippen molar-refractivity contribution in [3.63, 3.8) is 0 Å². The van der Waals surface area contributed by atoms with Gasteiger partial charge in [-0.15, -0.1) is 0 Å². The fourth-order valence-corrected chi connectivity index (χ4v) is 8.16. The van der Waals surface area contributed by atoms with Crippen molar-refractivity contribution >= 4 is 35.5 Å². The quantitative estimate of drug-likeness (QED) is 0.186. The van der Waals surface area contributed by atoms with E-state index in [4.69, 9.17) is 11.5 Å². The van der Waals surface area contributed by atoms with Crippen LogP contribution in [-0.2, 0) is 16.6 Å². The highest BCUT2D eigenvalue weighted by Crippen LogP contribution is 2.55. The monoisotopic (exact) mass is 613 g/mol. The Labute approximate surface area is 258 Å². The first kappa shape index (κ1) is 27.8. The number of benzene rings is 2. The number of carbonyl (C=O) groups is 3. The predicted molar refractivity (Wildman–Crippen MR) is 163 cm³/mol. The molecule has 4 heterocycles. The number of aliphatic imine (C=N–C) groups is 2. The molecule has 0 aromatic heterocycles. The molecule has 8 N–H and O–H groups in total. The Kier molecular flexibility index (Phi) is 5.82. The van der Waals surface area contributed by atoms with Crippen molar-refractivity contribution in [2.45, 2.75) is 67.1 Å². The lowest BCUT2D eigenvalue weighted by Gasteiger charge is -2.49. The Morgan fingerprint density at radius 3 is 2.58 bits per heavy atom.